The number of nitrogens with zero attached hydrogens (tertiary/aromatic N) is 6. The van der Waals surface area contributed by atoms with E-state index in [-0.39, 0.29) is 46.2 Å². The highest BCUT2D eigenvalue weighted by Gasteiger charge is 2.47. The largest absolute Gasteiger partial charge is 0.466 e. The molecule has 8 fully saturated rings. The maximum absolute atomic E-state index is 13.8. The molecule has 115 heavy (non-hydrogen) atoms. The molecule has 0 spiro atoms. The molecule has 8 unspecified atom stereocenters. The summed E-state index contributed by atoms with van der Waals surface area (Å²) in [7, 11) is 0. The van der Waals surface area contributed by atoms with Crippen LogP contribution in [-0.2, 0) is 35.1 Å². The molecular weight excluding hydrogens is 1470 g/mol. The second kappa shape index (κ2) is 38.7. The second-order valence-electron chi connectivity index (χ2n) is 33.2. The molecule has 8 aliphatic carbocycles. The highest BCUT2D eigenvalue weighted by Crippen LogP contribution is 2.58. The van der Waals surface area contributed by atoms with E-state index in [1.165, 1.54) is 52.7 Å². The Morgan fingerprint density at radius 2 is 0.696 bits per heavy atom. The highest BCUT2D eigenvalue weighted by atomic mass is 35.5. The zero-order chi connectivity index (χ0) is 80.8. The maximum atomic E-state index is 13.8. The number of carbonyl (C=O) groups is 4. The number of nitrogens with two attached hydrogens (primary N) is 1. The molecule has 8 aliphatic rings. The van der Waals surface area contributed by atoms with Crippen LogP contribution in [-0.4, -0.2) is 66.1 Å². The summed E-state index contributed by atoms with van der Waals surface area (Å²) in [6, 6.07) is 34.8. The number of terminal acetylenes is 2. The first kappa shape index (κ1) is 83.0. The topological polar surface area (TPSA) is 190 Å². The number of ketones is 1. The smallest absolute Gasteiger partial charge is 0.306 e. The number of ether oxygens (including phenoxy) is 2. The number of Topliss-reactive ketones (excluding diaryl/α,β-unsaturated/α-hetero) is 1. The van der Waals surface area contributed by atoms with E-state index in [0.29, 0.717) is 157 Å². The van der Waals surface area contributed by atoms with Crippen molar-refractivity contribution in [3.8, 4) is 24.7 Å². The van der Waals surface area contributed by atoms with Crippen LogP contribution >= 0.6 is 11.6 Å². The zero-order valence-corrected chi connectivity index (χ0v) is 67.0. The van der Waals surface area contributed by atoms with Gasteiger partial charge in [0.15, 0.2) is 0 Å². The molecule has 8 saturated carbocycles. The summed E-state index contributed by atoms with van der Waals surface area (Å²) in [5, 5.41) is 3.60. The maximum Gasteiger partial charge on any atom is 0.306 e. The minimum atomic E-state index is -0.206. The summed E-state index contributed by atoms with van der Waals surface area (Å²) in [6.45, 7) is 8.64. The molecule has 2 N–H and O–H groups in total. The first-order valence-corrected chi connectivity index (χ1v) is 41.9. The molecule has 6 aromatic heterocycles. The molecule has 598 valence electrons. The van der Waals surface area contributed by atoms with Gasteiger partial charge in [0.25, 0.3) is 0 Å². The molecule has 0 saturated heterocycles. The average Bonchev–Trinajstić information content (AvgIpc) is 1.63. The number of pyridine rings is 6. The van der Waals surface area contributed by atoms with Gasteiger partial charge in [-0.15, -0.1) is 12.8 Å². The van der Waals surface area contributed by atoms with Gasteiger partial charge >= 0.3 is 11.9 Å². The van der Waals surface area contributed by atoms with Crippen LogP contribution in [0.4, 0.5) is 23.2 Å². The second-order valence-corrected chi connectivity index (χ2v) is 33.6. The lowest BCUT2D eigenvalue weighted by Gasteiger charge is -2.16. The number of nitrogen functional groups attached to an aromatic ring is 1. The van der Waals surface area contributed by atoms with Gasteiger partial charge in [0.1, 0.15) is 40.4 Å². The third-order valence-electron chi connectivity index (χ3n) is 26.0. The van der Waals surface area contributed by atoms with Crippen molar-refractivity contribution in [1.29, 1.82) is 0 Å². The van der Waals surface area contributed by atoms with Crippen molar-refractivity contribution in [2.24, 2.45) is 71.0 Å². The molecule has 18 rings (SSSR count). The fourth-order valence-electron chi connectivity index (χ4n) is 21.5. The Kier molecular flexibility index (Phi) is 27.9. The summed E-state index contributed by atoms with van der Waals surface area (Å²) >= 11 is 5.54. The molecule has 4 aromatic carbocycles. The quantitative estimate of drug-likeness (QED) is 0.0416. The highest BCUT2D eigenvalue weighted by molar-refractivity contribution is 6.63. The third kappa shape index (κ3) is 20.8. The molecule has 6 heterocycles. The van der Waals surface area contributed by atoms with Gasteiger partial charge in [0.05, 0.1) is 47.2 Å². The fourth-order valence-corrected chi connectivity index (χ4v) is 21.7. The Morgan fingerprint density at radius 3 is 0.965 bits per heavy atom. The van der Waals surface area contributed by atoms with E-state index in [2.05, 4.69) is 59.9 Å². The fraction of sp³-hybridized carbons (Fsp3) is 0.443. The van der Waals surface area contributed by atoms with Crippen molar-refractivity contribution < 1.29 is 46.2 Å². The number of fused-ring (bicyclic) bond motifs is 8. The van der Waals surface area contributed by atoms with Gasteiger partial charge in [-0.2, -0.15) is 0 Å². The van der Waals surface area contributed by atoms with Gasteiger partial charge in [0, 0.05) is 84.6 Å². The Hall–Kier alpha value is -9.97. The van der Waals surface area contributed by atoms with E-state index in [0.717, 1.165) is 152 Å². The molecule has 0 aliphatic heterocycles. The summed E-state index contributed by atoms with van der Waals surface area (Å²) in [6.07, 6.45) is 41.7. The Balaban J connectivity index is 0.000000128. The predicted octanol–water partition coefficient (Wildman–Crippen LogP) is 21.9. The number of benzene rings is 4. The lowest BCUT2D eigenvalue weighted by molar-refractivity contribution is -0.145. The van der Waals surface area contributed by atoms with E-state index in [4.69, 9.17) is 39.7 Å². The molecule has 10 aromatic rings. The van der Waals surface area contributed by atoms with Crippen molar-refractivity contribution >= 4 is 83.9 Å². The van der Waals surface area contributed by atoms with Gasteiger partial charge in [0.2, 0.25) is 5.24 Å². The van der Waals surface area contributed by atoms with E-state index >= 15 is 0 Å². The number of carbonyl (C=O) groups excluding carboxylic acids is 4. The van der Waals surface area contributed by atoms with Crippen molar-refractivity contribution in [2.45, 2.75) is 186 Å². The molecule has 18 heteroatoms. The number of hydrogen-bond acceptors (Lipinski definition) is 13. The number of esters is 2. The van der Waals surface area contributed by atoms with Crippen LogP contribution in [0.25, 0.3) is 43.6 Å². The number of aromatic nitrogens is 6. The SMILES string of the molecule is C#Cc1ccc(CC(=O)CC2C[C@@H]3CC(c4ccnc5ccc(F)cc45)C[C@@H]3C2)cn1.C#Cc1ccc(N)cn1.CC.CCOC(=O)CC1C[C@@H]2CC(c3ccnc4ccc(F)cc34)C[C@@H]2C1.CCOC(=O)CC1C[C@@H]2CC(c3ccnc4ccc(F)cc34)C[C@@H]2C1.O=C(Cl)CC1C[C@@H]2CC(c3ccnc4ccc(F)cc34)C[C@@H]2C1. The average molecular weight is 1580 g/mol. The van der Waals surface area contributed by atoms with Crippen molar-refractivity contribution in [1.82, 2.24) is 29.9 Å². The van der Waals surface area contributed by atoms with E-state index in [1.54, 1.807) is 72.9 Å². The Morgan fingerprint density at radius 1 is 0.400 bits per heavy atom. The van der Waals surface area contributed by atoms with Crippen molar-refractivity contribution in [2.75, 3.05) is 18.9 Å². The molecule has 13 nitrogen and oxygen atoms in total. The number of hydrogen-bond donors (Lipinski definition) is 1. The van der Waals surface area contributed by atoms with E-state index in [9.17, 15) is 36.7 Å². The van der Waals surface area contributed by atoms with Crippen LogP contribution in [0.15, 0.2) is 159 Å². The molecule has 0 amide bonds. The monoisotopic (exact) mass is 1570 g/mol. The van der Waals surface area contributed by atoms with Crippen LogP contribution in [0.5, 0.6) is 0 Å². The van der Waals surface area contributed by atoms with Gasteiger partial charge in [-0.05, 0) is 366 Å². The van der Waals surface area contributed by atoms with Crippen LogP contribution in [0.1, 0.15) is 219 Å². The molecule has 0 bridgehead atoms. The van der Waals surface area contributed by atoms with Crippen molar-refractivity contribution in [3.63, 3.8) is 0 Å². The van der Waals surface area contributed by atoms with Gasteiger partial charge in [-0.25, -0.2) is 27.5 Å². The Bertz CT molecular complexity index is 4980. The van der Waals surface area contributed by atoms with Gasteiger partial charge in [-0.1, -0.05) is 31.8 Å². The summed E-state index contributed by atoms with van der Waals surface area (Å²) in [5.74, 6) is 13.4. The third-order valence-corrected chi connectivity index (χ3v) is 26.1. The Labute approximate surface area is 678 Å². The van der Waals surface area contributed by atoms with Gasteiger partial charge in [-0.3, -0.25) is 39.1 Å². The van der Waals surface area contributed by atoms with E-state index < -0.39 is 0 Å². The van der Waals surface area contributed by atoms with Crippen molar-refractivity contribution in [3.05, 3.63) is 221 Å². The van der Waals surface area contributed by atoms with Crippen LogP contribution < -0.4 is 5.73 Å². The first-order valence-electron chi connectivity index (χ1n) is 41.6. The minimum absolute atomic E-state index is 0.0559. The summed E-state index contributed by atoms with van der Waals surface area (Å²) in [4.78, 5) is 72.6. The zero-order valence-electron chi connectivity index (χ0n) is 66.3. The first-order chi connectivity index (χ1) is 55.8. The van der Waals surface area contributed by atoms with Crippen LogP contribution in [0.3, 0.4) is 0 Å². The minimum Gasteiger partial charge on any atom is -0.466 e. The van der Waals surface area contributed by atoms with Gasteiger partial charge < -0.3 is 15.2 Å². The number of rotatable bonds is 16. The normalized spacial score (nSPS) is 25.6. The van der Waals surface area contributed by atoms with E-state index in [1.807, 2.05) is 64.6 Å². The number of halogens is 5. The lowest BCUT2D eigenvalue weighted by Crippen LogP contribution is -2.10. The molecular formula is C97H104ClF4N7O6. The van der Waals surface area contributed by atoms with Crippen LogP contribution in [0, 0.1) is 119 Å². The lowest BCUT2D eigenvalue weighted by atomic mass is 9.89. The summed E-state index contributed by atoms with van der Waals surface area (Å²) < 4.78 is 65.0. The van der Waals surface area contributed by atoms with Crippen LogP contribution in [0.2, 0.25) is 0 Å². The summed E-state index contributed by atoms with van der Waals surface area (Å²) in [5.41, 5.74) is 16.5. The standard InChI is InChI=1S/C27H25FN2O.2C21H24FNO2.C19H19ClFNO.C7H6N2.C2H6/c1-2-23-5-3-17(16-30-23)11-24(31)12-18-9-19-13-21(14-20(19)10-18)25-7-8-29-27-6-4-22(28)15-26(25)27;2*1-2-25-21(24)9-13-7-14-10-16(11-15(14)8-13)18-5-6-23-20-4-3-17(22)12-19(18)20;20-19(23)7-11-5-12-8-14(9-13(12)6-11)16-3-4-22-18-2-1-15(21)10-17(16)18;1-2-7-4-3-6(8)5-9-7;1-2/h1,3-8,15-16,18-21H,9-14H2;2*3-6,12-16H,2,7-11H2,1H3;1-4,10-14H,5-9H2;1,3-5H,8H2;1-2H3/t18?,19-,20+,21?;2*13?,14-,15+,16?;11?,12-,13+,14?;;. The predicted molar refractivity (Wildman–Crippen MR) is 445 cm³/mol. The molecule has 16 atom stereocenters. The molecule has 0 radical (unpaired) electrons. The number of anilines is 1.